The van der Waals surface area contributed by atoms with Gasteiger partial charge >= 0.3 is 6.08 Å². The Labute approximate surface area is 74.1 Å². The lowest BCUT2D eigenvalue weighted by molar-refractivity contribution is 0.251. The molecule has 0 atom stereocenters. The van der Waals surface area contributed by atoms with Gasteiger partial charge in [-0.15, -0.1) is 0 Å². The molecule has 0 aliphatic heterocycles. The first-order valence-corrected chi connectivity index (χ1v) is 3.98. The van der Waals surface area contributed by atoms with Gasteiger partial charge in [0.1, 0.15) is 11.3 Å². The van der Waals surface area contributed by atoms with Gasteiger partial charge in [0, 0.05) is 6.07 Å². The number of hydrogen-bond donors (Lipinski definition) is 0. The Morgan fingerprint density at radius 3 is 3.15 bits per heavy atom. The third-order valence-corrected chi connectivity index (χ3v) is 1.60. The van der Waals surface area contributed by atoms with Crippen molar-refractivity contribution in [2.24, 2.45) is 0 Å². The van der Waals surface area contributed by atoms with Crippen LogP contribution in [0.25, 0.3) is 11.1 Å². The van der Waals surface area contributed by atoms with Crippen molar-refractivity contribution in [3.05, 3.63) is 24.0 Å². The zero-order chi connectivity index (χ0) is 9.26. The van der Waals surface area contributed by atoms with E-state index in [1.807, 2.05) is 6.92 Å². The molecule has 1 aromatic heterocycles. The van der Waals surface area contributed by atoms with Crippen LogP contribution in [0.3, 0.4) is 0 Å². The number of aromatic nitrogens is 1. The normalized spacial score (nSPS) is 10.6. The second-order valence-electron chi connectivity index (χ2n) is 2.52. The zero-order valence-corrected chi connectivity index (χ0v) is 7.08. The van der Waals surface area contributed by atoms with Gasteiger partial charge in [-0.2, -0.15) is 4.98 Å². The highest BCUT2D eigenvalue weighted by Gasteiger charge is 2.06. The largest absolute Gasteiger partial charge is 0.450 e. The van der Waals surface area contributed by atoms with E-state index in [4.69, 9.17) is 9.15 Å². The Balaban J connectivity index is 2.49. The van der Waals surface area contributed by atoms with Crippen LogP contribution in [0, 0.1) is 5.82 Å². The first kappa shape index (κ1) is 8.04. The molecule has 0 amide bonds. The molecule has 0 saturated heterocycles. The topological polar surface area (TPSA) is 35.3 Å². The summed E-state index contributed by atoms with van der Waals surface area (Å²) in [7, 11) is 0. The molecule has 0 aliphatic rings. The lowest BCUT2D eigenvalue weighted by Crippen LogP contribution is -1.89. The minimum absolute atomic E-state index is 0.183. The fourth-order valence-corrected chi connectivity index (χ4v) is 1.06. The second-order valence-corrected chi connectivity index (χ2v) is 2.52. The summed E-state index contributed by atoms with van der Waals surface area (Å²) in [6.45, 7) is 2.31. The molecule has 0 bridgehead atoms. The van der Waals surface area contributed by atoms with Gasteiger partial charge < -0.3 is 9.15 Å². The van der Waals surface area contributed by atoms with Crippen LogP contribution in [0.1, 0.15) is 6.92 Å². The average molecular weight is 181 g/mol. The van der Waals surface area contributed by atoms with Gasteiger partial charge in [-0.25, -0.2) is 4.39 Å². The van der Waals surface area contributed by atoms with E-state index in [1.54, 1.807) is 6.07 Å². The average Bonchev–Trinajstić information content (AvgIpc) is 2.46. The summed E-state index contributed by atoms with van der Waals surface area (Å²) >= 11 is 0. The van der Waals surface area contributed by atoms with Gasteiger partial charge in [-0.05, 0) is 19.1 Å². The standard InChI is InChI=1S/C9H8FNO2/c1-2-12-9-11-7-4-3-6(10)5-8(7)13-9/h3-5H,2H2,1H3. The molecule has 68 valence electrons. The van der Waals surface area contributed by atoms with Gasteiger partial charge in [0.05, 0.1) is 6.61 Å². The Hall–Kier alpha value is -1.58. The number of hydrogen-bond acceptors (Lipinski definition) is 3. The summed E-state index contributed by atoms with van der Waals surface area (Å²) < 4.78 is 22.8. The van der Waals surface area contributed by atoms with Crippen LogP contribution < -0.4 is 4.74 Å². The van der Waals surface area contributed by atoms with Crippen molar-refractivity contribution < 1.29 is 13.5 Å². The van der Waals surface area contributed by atoms with Crippen molar-refractivity contribution >= 4 is 11.1 Å². The highest BCUT2D eigenvalue weighted by atomic mass is 19.1. The molecular weight excluding hydrogens is 173 g/mol. The van der Waals surface area contributed by atoms with E-state index in [0.29, 0.717) is 17.7 Å². The molecule has 2 rings (SSSR count). The molecule has 0 saturated carbocycles. The van der Waals surface area contributed by atoms with E-state index in [1.165, 1.54) is 12.1 Å². The first-order valence-electron chi connectivity index (χ1n) is 3.98. The lowest BCUT2D eigenvalue weighted by atomic mass is 10.3. The highest BCUT2D eigenvalue weighted by Crippen LogP contribution is 2.20. The van der Waals surface area contributed by atoms with Gasteiger partial charge in [0.2, 0.25) is 0 Å². The van der Waals surface area contributed by atoms with Crippen molar-refractivity contribution in [1.29, 1.82) is 0 Å². The second kappa shape index (κ2) is 3.05. The predicted molar refractivity (Wildman–Crippen MR) is 45.1 cm³/mol. The Morgan fingerprint density at radius 1 is 1.54 bits per heavy atom. The number of oxazole rings is 1. The summed E-state index contributed by atoms with van der Waals surface area (Å²) in [6, 6.07) is 4.17. The number of benzene rings is 1. The molecule has 1 aromatic carbocycles. The summed E-state index contributed by atoms with van der Waals surface area (Å²) in [5.74, 6) is -0.341. The zero-order valence-electron chi connectivity index (χ0n) is 7.08. The van der Waals surface area contributed by atoms with Crippen molar-refractivity contribution in [2.45, 2.75) is 6.92 Å². The first-order chi connectivity index (χ1) is 6.29. The quantitative estimate of drug-likeness (QED) is 0.713. The van der Waals surface area contributed by atoms with Crippen LogP contribution in [0.15, 0.2) is 22.6 Å². The van der Waals surface area contributed by atoms with Crippen LogP contribution in [0.2, 0.25) is 0 Å². The van der Waals surface area contributed by atoms with Crippen molar-refractivity contribution in [2.75, 3.05) is 6.61 Å². The van der Waals surface area contributed by atoms with E-state index >= 15 is 0 Å². The van der Waals surface area contributed by atoms with E-state index in [2.05, 4.69) is 4.98 Å². The van der Waals surface area contributed by atoms with Gasteiger partial charge in [0.25, 0.3) is 0 Å². The lowest BCUT2D eigenvalue weighted by Gasteiger charge is -1.91. The molecule has 0 aliphatic carbocycles. The van der Waals surface area contributed by atoms with Crippen LogP contribution in [0.4, 0.5) is 4.39 Å². The van der Waals surface area contributed by atoms with Gasteiger partial charge in [-0.3, -0.25) is 0 Å². The van der Waals surface area contributed by atoms with Gasteiger partial charge in [0.15, 0.2) is 5.58 Å². The molecule has 0 fully saturated rings. The molecule has 1 heterocycles. The monoisotopic (exact) mass is 181 g/mol. The maximum atomic E-state index is 12.7. The molecular formula is C9H8FNO2. The number of rotatable bonds is 2. The van der Waals surface area contributed by atoms with Crippen molar-refractivity contribution in [3.63, 3.8) is 0 Å². The molecule has 0 unspecified atom stereocenters. The molecule has 0 spiro atoms. The van der Waals surface area contributed by atoms with Gasteiger partial charge in [-0.1, -0.05) is 0 Å². The third kappa shape index (κ3) is 1.47. The fourth-order valence-electron chi connectivity index (χ4n) is 1.06. The molecule has 3 nitrogen and oxygen atoms in total. The number of halogens is 1. The van der Waals surface area contributed by atoms with Crippen LogP contribution in [-0.4, -0.2) is 11.6 Å². The number of fused-ring (bicyclic) bond motifs is 1. The minimum atomic E-state index is -0.341. The number of ether oxygens (including phenoxy) is 1. The summed E-state index contributed by atoms with van der Waals surface area (Å²) in [6.07, 6.45) is 0.183. The van der Waals surface area contributed by atoms with Crippen LogP contribution in [0.5, 0.6) is 6.08 Å². The molecule has 4 heteroatoms. The van der Waals surface area contributed by atoms with Crippen LogP contribution in [-0.2, 0) is 0 Å². The number of nitrogens with zero attached hydrogens (tertiary/aromatic N) is 1. The van der Waals surface area contributed by atoms with E-state index in [-0.39, 0.29) is 11.9 Å². The predicted octanol–water partition coefficient (Wildman–Crippen LogP) is 2.37. The Kier molecular flexibility index (Phi) is 1.88. The van der Waals surface area contributed by atoms with Crippen LogP contribution >= 0.6 is 0 Å². The van der Waals surface area contributed by atoms with Crippen molar-refractivity contribution in [1.82, 2.24) is 4.98 Å². The van der Waals surface area contributed by atoms with E-state index in [9.17, 15) is 4.39 Å². The smallest absolute Gasteiger partial charge is 0.394 e. The fraction of sp³-hybridized carbons (Fsp3) is 0.222. The summed E-state index contributed by atoms with van der Waals surface area (Å²) in [4.78, 5) is 3.99. The third-order valence-electron chi connectivity index (χ3n) is 1.60. The SMILES string of the molecule is CCOc1nc2ccc(F)cc2o1. The van der Waals surface area contributed by atoms with E-state index < -0.39 is 0 Å². The van der Waals surface area contributed by atoms with Crippen molar-refractivity contribution in [3.8, 4) is 6.08 Å². The molecule has 2 aromatic rings. The van der Waals surface area contributed by atoms with E-state index in [0.717, 1.165) is 0 Å². The maximum absolute atomic E-state index is 12.7. The molecule has 0 radical (unpaired) electrons. The Morgan fingerprint density at radius 2 is 2.38 bits per heavy atom. The minimum Gasteiger partial charge on any atom is -0.450 e. The molecule has 0 N–H and O–H groups in total. The highest BCUT2D eigenvalue weighted by molar-refractivity contribution is 5.72. The Bertz CT molecular complexity index is 424. The summed E-state index contributed by atoms with van der Waals surface area (Å²) in [5, 5.41) is 0. The maximum Gasteiger partial charge on any atom is 0.394 e. The summed E-state index contributed by atoms with van der Waals surface area (Å²) in [5.41, 5.74) is 1.01. The molecule has 13 heavy (non-hydrogen) atoms.